The van der Waals surface area contributed by atoms with Crippen molar-refractivity contribution in [3.05, 3.63) is 71.8 Å². The molecule has 1 N–H and O–H groups in total. The van der Waals surface area contributed by atoms with Crippen molar-refractivity contribution in [3.8, 4) is 28.7 Å². The number of fused-ring (bicyclic) bond motifs is 1. The number of benzene rings is 3. The van der Waals surface area contributed by atoms with E-state index in [4.69, 9.17) is 20.8 Å². The fraction of sp³-hybridized carbons (Fsp3) is 0. The van der Waals surface area contributed by atoms with Crippen LogP contribution in [0, 0.1) is 0 Å². The van der Waals surface area contributed by atoms with Gasteiger partial charge in [0.15, 0.2) is 5.58 Å². The van der Waals surface area contributed by atoms with Gasteiger partial charge in [0, 0.05) is 16.7 Å². The Morgan fingerprint density at radius 3 is 2.50 bits per heavy atom. The molecule has 4 rings (SSSR count). The lowest BCUT2D eigenvalue weighted by atomic mass is 10.2. The molecule has 1 heterocycles. The number of nitrogens with zero attached hydrogens (tertiary/aromatic N) is 1. The van der Waals surface area contributed by atoms with Crippen LogP contribution in [0.1, 0.15) is 0 Å². The minimum absolute atomic E-state index is 0.168. The Kier molecular flexibility index (Phi) is 3.59. The van der Waals surface area contributed by atoms with Crippen LogP contribution in [0.2, 0.25) is 5.02 Å². The predicted octanol–water partition coefficient (Wildman–Crippen LogP) is 5.65. The molecule has 0 bridgehead atoms. The van der Waals surface area contributed by atoms with E-state index in [1.807, 2.05) is 12.1 Å². The molecule has 0 saturated heterocycles. The van der Waals surface area contributed by atoms with Crippen LogP contribution in [0.15, 0.2) is 71.1 Å². The standard InChI is InChI=1S/C19H12ClNO3/c20-13-4-6-15(7-5-13)23-16-8-9-18-17(11-16)21-19(24-18)12-2-1-3-14(22)10-12/h1-11,22H. The molecule has 0 saturated carbocycles. The number of phenolic OH excluding ortho intramolecular Hbond substituents is 1. The lowest BCUT2D eigenvalue weighted by molar-refractivity contribution is 0.475. The molecule has 4 aromatic rings. The predicted molar refractivity (Wildman–Crippen MR) is 92.6 cm³/mol. The summed E-state index contributed by atoms with van der Waals surface area (Å²) >= 11 is 5.87. The highest BCUT2D eigenvalue weighted by Gasteiger charge is 2.10. The molecule has 0 aliphatic rings. The molecule has 4 nitrogen and oxygen atoms in total. The van der Waals surface area contributed by atoms with Crippen molar-refractivity contribution in [1.29, 1.82) is 0 Å². The van der Waals surface area contributed by atoms with Gasteiger partial charge in [0.1, 0.15) is 22.8 Å². The number of halogens is 1. The van der Waals surface area contributed by atoms with Gasteiger partial charge in [-0.3, -0.25) is 0 Å². The first kappa shape index (κ1) is 14.6. The summed E-state index contributed by atoms with van der Waals surface area (Å²) in [7, 11) is 0. The maximum absolute atomic E-state index is 9.58. The Hall–Kier alpha value is -2.98. The Labute approximate surface area is 142 Å². The highest BCUT2D eigenvalue weighted by atomic mass is 35.5. The summed E-state index contributed by atoms with van der Waals surface area (Å²) in [4.78, 5) is 4.46. The van der Waals surface area contributed by atoms with Crippen LogP contribution < -0.4 is 4.74 Å². The van der Waals surface area contributed by atoms with Gasteiger partial charge in [0.2, 0.25) is 5.89 Å². The molecule has 1 aromatic heterocycles. The molecule has 0 fully saturated rings. The van der Waals surface area contributed by atoms with Crippen LogP contribution in [0.25, 0.3) is 22.6 Å². The number of ether oxygens (including phenoxy) is 1. The van der Waals surface area contributed by atoms with E-state index in [2.05, 4.69) is 4.98 Å². The van der Waals surface area contributed by atoms with Gasteiger partial charge in [-0.25, -0.2) is 4.98 Å². The monoisotopic (exact) mass is 337 g/mol. The number of aromatic nitrogens is 1. The molecule has 0 atom stereocenters. The van der Waals surface area contributed by atoms with Crippen molar-refractivity contribution in [2.75, 3.05) is 0 Å². The number of phenols is 1. The zero-order chi connectivity index (χ0) is 16.5. The summed E-state index contributed by atoms with van der Waals surface area (Å²) in [6.07, 6.45) is 0. The molecule has 118 valence electrons. The largest absolute Gasteiger partial charge is 0.508 e. The summed E-state index contributed by atoms with van der Waals surface area (Å²) in [5, 5.41) is 10.2. The molecule has 0 spiro atoms. The minimum atomic E-state index is 0.168. The molecular formula is C19H12ClNO3. The number of rotatable bonds is 3. The normalized spacial score (nSPS) is 10.9. The highest BCUT2D eigenvalue weighted by molar-refractivity contribution is 6.30. The van der Waals surface area contributed by atoms with E-state index in [0.29, 0.717) is 39.1 Å². The number of hydrogen-bond acceptors (Lipinski definition) is 4. The lowest BCUT2D eigenvalue weighted by Gasteiger charge is -2.04. The van der Waals surface area contributed by atoms with Gasteiger partial charge < -0.3 is 14.3 Å². The average Bonchev–Trinajstić information content (AvgIpc) is 3.00. The summed E-state index contributed by atoms with van der Waals surface area (Å²) < 4.78 is 11.5. The fourth-order valence-electron chi connectivity index (χ4n) is 2.37. The van der Waals surface area contributed by atoms with Crippen molar-refractivity contribution < 1.29 is 14.3 Å². The van der Waals surface area contributed by atoms with Crippen molar-refractivity contribution in [3.63, 3.8) is 0 Å². The van der Waals surface area contributed by atoms with E-state index in [1.165, 1.54) is 0 Å². The minimum Gasteiger partial charge on any atom is -0.508 e. The van der Waals surface area contributed by atoms with Gasteiger partial charge in [-0.15, -0.1) is 0 Å². The van der Waals surface area contributed by atoms with E-state index in [1.54, 1.807) is 54.6 Å². The highest BCUT2D eigenvalue weighted by Crippen LogP contribution is 2.30. The van der Waals surface area contributed by atoms with Gasteiger partial charge in [-0.1, -0.05) is 17.7 Å². The molecule has 24 heavy (non-hydrogen) atoms. The van der Waals surface area contributed by atoms with Crippen LogP contribution in [-0.2, 0) is 0 Å². The quantitative estimate of drug-likeness (QED) is 0.525. The second-order valence-corrected chi connectivity index (χ2v) is 5.69. The fourth-order valence-corrected chi connectivity index (χ4v) is 2.50. The maximum atomic E-state index is 9.58. The van der Waals surface area contributed by atoms with E-state index in [0.717, 1.165) is 0 Å². The first-order valence-corrected chi connectivity index (χ1v) is 7.69. The summed E-state index contributed by atoms with van der Waals surface area (Å²) in [6.45, 7) is 0. The van der Waals surface area contributed by atoms with Crippen molar-refractivity contribution in [2.45, 2.75) is 0 Å². The van der Waals surface area contributed by atoms with E-state index in [9.17, 15) is 5.11 Å². The van der Waals surface area contributed by atoms with Crippen molar-refractivity contribution in [2.24, 2.45) is 0 Å². The van der Waals surface area contributed by atoms with Gasteiger partial charge in [0.25, 0.3) is 0 Å². The Morgan fingerprint density at radius 1 is 0.917 bits per heavy atom. The van der Waals surface area contributed by atoms with E-state index >= 15 is 0 Å². The summed E-state index contributed by atoms with van der Waals surface area (Å²) in [5.74, 6) is 1.96. The Balaban J connectivity index is 1.67. The molecular weight excluding hydrogens is 326 g/mol. The Morgan fingerprint density at radius 2 is 1.71 bits per heavy atom. The zero-order valence-corrected chi connectivity index (χ0v) is 13.2. The molecule has 0 aliphatic carbocycles. The molecule has 0 radical (unpaired) electrons. The second kappa shape index (κ2) is 5.91. The van der Waals surface area contributed by atoms with Crippen LogP contribution in [0.4, 0.5) is 0 Å². The zero-order valence-electron chi connectivity index (χ0n) is 12.4. The number of aromatic hydroxyl groups is 1. The van der Waals surface area contributed by atoms with E-state index in [-0.39, 0.29) is 5.75 Å². The van der Waals surface area contributed by atoms with Gasteiger partial charge in [0.05, 0.1) is 0 Å². The topological polar surface area (TPSA) is 55.5 Å². The van der Waals surface area contributed by atoms with Crippen LogP contribution >= 0.6 is 11.6 Å². The molecule has 0 unspecified atom stereocenters. The third-order valence-electron chi connectivity index (χ3n) is 3.50. The molecule has 0 amide bonds. The number of hydrogen-bond donors (Lipinski definition) is 1. The molecule has 3 aromatic carbocycles. The van der Waals surface area contributed by atoms with Gasteiger partial charge in [-0.05, 0) is 54.6 Å². The summed E-state index contributed by atoms with van der Waals surface area (Å²) in [5.41, 5.74) is 2.04. The van der Waals surface area contributed by atoms with Gasteiger partial charge >= 0.3 is 0 Å². The summed E-state index contributed by atoms with van der Waals surface area (Å²) in [6, 6.07) is 19.3. The number of oxazole rings is 1. The smallest absolute Gasteiger partial charge is 0.227 e. The third-order valence-corrected chi connectivity index (χ3v) is 3.75. The first-order chi connectivity index (χ1) is 11.7. The Bertz CT molecular complexity index is 1010. The molecule has 5 heteroatoms. The van der Waals surface area contributed by atoms with Crippen molar-refractivity contribution in [1.82, 2.24) is 4.98 Å². The first-order valence-electron chi connectivity index (χ1n) is 7.31. The van der Waals surface area contributed by atoms with E-state index < -0.39 is 0 Å². The average molecular weight is 338 g/mol. The van der Waals surface area contributed by atoms with Gasteiger partial charge in [-0.2, -0.15) is 0 Å². The lowest BCUT2D eigenvalue weighted by Crippen LogP contribution is -1.83. The molecule has 0 aliphatic heterocycles. The van der Waals surface area contributed by atoms with Crippen LogP contribution in [0.3, 0.4) is 0 Å². The van der Waals surface area contributed by atoms with Crippen LogP contribution in [-0.4, -0.2) is 10.1 Å². The SMILES string of the molecule is Oc1cccc(-c2nc3cc(Oc4ccc(Cl)cc4)ccc3o2)c1. The maximum Gasteiger partial charge on any atom is 0.227 e. The third kappa shape index (κ3) is 2.92. The second-order valence-electron chi connectivity index (χ2n) is 5.25. The van der Waals surface area contributed by atoms with Crippen molar-refractivity contribution >= 4 is 22.7 Å². The van der Waals surface area contributed by atoms with Crippen LogP contribution in [0.5, 0.6) is 17.2 Å².